The maximum absolute atomic E-state index is 8.99. The second-order valence-electron chi connectivity index (χ2n) is 4.19. The number of hydrogen-bond acceptors (Lipinski definition) is 4. The Balaban J connectivity index is 2.89. The molecule has 4 nitrogen and oxygen atoms in total. The summed E-state index contributed by atoms with van der Waals surface area (Å²) in [6.45, 7) is 4.22. The van der Waals surface area contributed by atoms with Crippen LogP contribution in [0.5, 0.6) is 0 Å². The zero-order chi connectivity index (χ0) is 13.0. The smallest absolute Gasteiger partial charge is 0.147 e. The van der Waals surface area contributed by atoms with Gasteiger partial charge < -0.3 is 16.2 Å². The molecule has 0 radical (unpaired) electrons. The van der Waals surface area contributed by atoms with Crippen molar-refractivity contribution in [1.29, 1.82) is 0 Å². The van der Waals surface area contributed by atoms with Gasteiger partial charge in [-0.05, 0) is 18.4 Å². The molecule has 0 saturated heterocycles. The van der Waals surface area contributed by atoms with E-state index in [0.717, 1.165) is 0 Å². The number of halogens is 2. The third-order valence-corrected chi connectivity index (χ3v) is 3.11. The van der Waals surface area contributed by atoms with Gasteiger partial charge in [-0.1, -0.05) is 37.0 Å². The van der Waals surface area contributed by atoms with Crippen LogP contribution in [0.15, 0.2) is 6.07 Å². The first kappa shape index (κ1) is 14.4. The maximum atomic E-state index is 8.99. The minimum Gasteiger partial charge on any atom is -0.396 e. The number of nitrogen functional groups attached to an aromatic ring is 1. The lowest BCUT2D eigenvalue weighted by Gasteiger charge is -2.22. The van der Waals surface area contributed by atoms with Crippen LogP contribution in [-0.2, 0) is 0 Å². The highest BCUT2D eigenvalue weighted by Gasteiger charge is 2.15. The van der Waals surface area contributed by atoms with Crippen molar-refractivity contribution in [2.75, 3.05) is 17.7 Å². The van der Waals surface area contributed by atoms with Crippen molar-refractivity contribution >= 4 is 34.8 Å². The van der Waals surface area contributed by atoms with Crippen molar-refractivity contribution in [2.24, 2.45) is 5.92 Å². The second-order valence-corrected chi connectivity index (χ2v) is 5.01. The summed E-state index contributed by atoms with van der Waals surface area (Å²) in [7, 11) is 0. The Kier molecular flexibility index (Phi) is 5.31. The van der Waals surface area contributed by atoms with Crippen LogP contribution in [0.3, 0.4) is 0 Å². The van der Waals surface area contributed by atoms with E-state index in [4.69, 9.17) is 34.0 Å². The largest absolute Gasteiger partial charge is 0.396 e. The quantitative estimate of drug-likeness (QED) is 0.774. The van der Waals surface area contributed by atoms with Gasteiger partial charge in [-0.25, -0.2) is 4.98 Å². The average Bonchev–Trinajstić information content (AvgIpc) is 2.24. The van der Waals surface area contributed by atoms with Crippen molar-refractivity contribution < 1.29 is 5.11 Å². The number of anilines is 2. The number of aliphatic hydroxyl groups is 1. The molecule has 1 heterocycles. The lowest BCUT2D eigenvalue weighted by Crippen LogP contribution is -2.27. The van der Waals surface area contributed by atoms with Crippen LogP contribution in [0.1, 0.15) is 20.3 Å². The van der Waals surface area contributed by atoms with E-state index in [0.29, 0.717) is 28.2 Å². The SMILES string of the molecule is CC(C)C(CCO)Nc1nc(N)c(Cl)cc1Cl. The van der Waals surface area contributed by atoms with Crippen molar-refractivity contribution in [3.8, 4) is 0 Å². The number of rotatable bonds is 5. The van der Waals surface area contributed by atoms with Gasteiger partial charge in [0, 0.05) is 12.6 Å². The summed E-state index contributed by atoms with van der Waals surface area (Å²) in [5, 5.41) is 12.9. The fraction of sp³-hybridized carbons (Fsp3) is 0.545. The van der Waals surface area contributed by atoms with Gasteiger partial charge in [-0.2, -0.15) is 0 Å². The van der Waals surface area contributed by atoms with Crippen LogP contribution in [-0.4, -0.2) is 22.7 Å². The van der Waals surface area contributed by atoms with Gasteiger partial charge in [0.15, 0.2) is 0 Å². The van der Waals surface area contributed by atoms with Crippen molar-refractivity contribution in [2.45, 2.75) is 26.3 Å². The van der Waals surface area contributed by atoms with E-state index < -0.39 is 0 Å². The molecule has 1 aromatic heterocycles. The summed E-state index contributed by atoms with van der Waals surface area (Å²) in [5.74, 6) is 1.09. The lowest BCUT2D eigenvalue weighted by atomic mass is 10.0. The normalized spacial score (nSPS) is 12.8. The number of nitrogens with zero attached hydrogens (tertiary/aromatic N) is 1. The molecule has 0 spiro atoms. The van der Waals surface area contributed by atoms with Crippen molar-refractivity contribution in [3.63, 3.8) is 0 Å². The lowest BCUT2D eigenvalue weighted by molar-refractivity contribution is 0.267. The second kappa shape index (κ2) is 6.28. The van der Waals surface area contributed by atoms with Gasteiger partial charge in [0.05, 0.1) is 10.0 Å². The first-order valence-electron chi connectivity index (χ1n) is 5.44. The summed E-state index contributed by atoms with van der Waals surface area (Å²) >= 11 is 11.8. The highest BCUT2D eigenvalue weighted by molar-refractivity contribution is 6.37. The van der Waals surface area contributed by atoms with Gasteiger partial charge in [-0.15, -0.1) is 0 Å². The minimum absolute atomic E-state index is 0.0885. The van der Waals surface area contributed by atoms with Gasteiger partial charge in [-0.3, -0.25) is 0 Å². The molecule has 1 aromatic rings. The molecule has 6 heteroatoms. The molecule has 0 bridgehead atoms. The van der Waals surface area contributed by atoms with E-state index in [1.807, 2.05) is 0 Å². The van der Waals surface area contributed by atoms with E-state index in [2.05, 4.69) is 24.1 Å². The van der Waals surface area contributed by atoms with Crippen LogP contribution in [0, 0.1) is 5.92 Å². The van der Waals surface area contributed by atoms with Gasteiger partial charge in [0.1, 0.15) is 11.6 Å². The molecule has 96 valence electrons. The number of pyridine rings is 1. The molecule has 1 unspecified atom stereocenters. The van der Waals surface area contributed by atoms with E-state index in [1.54, 1.807) is 6.07 Å². The first-order valence-corrected chi connectivity index (χ1v) is 6.20. The molecule has 0 aliphatic carbocycles. The van der Waals surface area contributed by atoms with Crippen LogP contribution < -0.4 is 11.1 Å². The van der Waals surface area contributed by atoms with E-state index >= 15 is 0 Å². The Morgan fingerprint density at radius 1 is 1.41 bits per heavy atom. The zero-order valence-corrected chi connectivity index (χ0v) is 11.4. The van der Waals surface area contributed by atoms with E-state index in [-0.39, 0.29) is 18.5 Å². The third-order valence-electron chi connectivity index (χ3n) is 2.52. The number of aliphatic hydroxyl groups excluding tert-OH is 1. The number of aromatic nitrogens is 1. The highest BCUT2D eigenvalue weighted by atomic mass is 35.5. The van der Waals surface area contributed by atoms with Crippen LogP contribution in [0.4, 0.5) is 11.6 Å². The third kappa shape index (κ3) is 3.91. The molecule has 1 rings (SSSR count). The average molecular weight is 278 g/mol. The van der Waals surface area contributed by atoms with Gasteiger partial charge >= 0.3 is 0 Å². The van der Waals surface area contributed by atoms with Crippen LogP contribution >= 0.6 is 23.2 Å². The maximum Gasteiger partial charge on any atom is 0.147 e. The molecule has 0 fully saturated rings. The van der Waals surface area contributed by atoms with Gasteiger partial charge in [0.2, 0.25) is 0 Å². The molecular weight excluding hydrogens is 261 g/mol. The van der Waals surface area contributed by atoms with Crippen LogP contribution in [0.2, 0.25) is 10.0 Å². The van der Waals surface area contributed by atoms with E-state index in [1.165, 1.54) is 0 Å². The summed E-state index contributed by atoms with van der Waals surface area (Å²) in [6, 6.07) is 1.65. The molecule has 0 saturated carbocycles. The standard InChI is InChI=1S/C11H17Cl2N3O/c1-6(2)9(3-4-17)15-11-8(13)5-7(12)10(14)16-11/h5-6,9,17H,3-4H2,1-2H3,(H3,14,15,16). The Morgan fingerprint density at radius 3 is 2.59 bits per heavy atom. The summed E-state index contributed by atoms with van der Waals surface area (Å²) in [6.07, 6.45) is 0.623. The Hall–Kier alpha value is -0.710. The monoisotopic (exact) mass is 277 g/mol. The molecule has 0 amide bonds. The number of nitrogens with two attached hydrogens (primary N) is 1. The molecule has 17 heavy (non-hydrogen) atoms. The molecule has 0 aliphatic rings. The summed E-state index contributed by atoms with van der Waals surface area (Å²) < 4.78 is 0. The molecular formula is C11H17Cl2N3O. The Bertz CT molecular complexity index is 385. The highest BCUT2D eigenvalue weighted by Crippen LogP contribution is 2.28. The van der Waals surface area contributed by atoms with Gasteiger partial charge in [0.25, 0.3) is 0 Å². The van der Waals surface area contributed by atoms with Crippen LogP contribution in [0.25, 0.3) is 0 Å². The minimum atomic E-state index is 0.0885. The Labute approximate surface area is 111 Å². The predicted molar refractivity (Wildman–Crippen MR) is 72.6 cm³/mol. The molecule has 0 aromatic carbocycles. The van der Waals surface area contributed by atoms with E-state index in [9.17, 15) is 0 Å². The number of hydrogen-bond donors (Lipinski definition) is 3. The molecule has 1 atom stereocenters. The van der Waals surface area contributed by atoms with Crippen molar-refractivity contribution in [1.82, 2.24) is 4.98 Å². The summed E-state index contributed by atoms with van der Waals surface area (Å²) in [5.41, 5.74) is 5.62. The predicted octanol–water partition coefficient (Wildman–Crippen LogP) is 2.79. The fourth-order valence-corrected chi connectivity index (χ4v) is 1.88. The molecule has 4 N–H and O–H groups in total. The Morgan fingerprint density at radius 2 is 2.06 bits per heavy atom. The summed E-state index contributed by atoms with van der Waals surface area (Å²) in [4.78, 5) is 4.10. The van der Waals surface area contributed by atoms with Crippen molar-refractivity contribution in [3.05, 3.63) is 16.1 Å². The zero-order valence-electron chi connectivity index (χ0n) is 9.87. The molecule has 0 aliphatic heterocycles. The first-order chi connectivity index (χ1) is 7.95. The fourth-order valence-electron chi connectivity index (χ4n) is 1.47. The number of nitrogens with one attached hydrogen (secondary N) is 1. The topological polar surface area (TPSA) is 71.2 Å².